The van der Waals surface area contributed by atoms with E-state index in [9.17, 15) is 4.79 Å². The molecule has 0 N–H and O–H groups in total. The molecular weight excluding hydrogens is 216 g/mol. The molecule has 0 amide bonds. The van der Waals surface area contributed by atoms with Crippen LogP contribution in [0.15, 0.2) is 16.5 Å². The largest absolute Gasteiger partial charge is 0.466 e. The minimum absolute atomic E-state index is 0.0716. The van der Waals surface area contributed by atoms with Gasteiger partial charge >= 0.3 is 0 Å². The summed E-state index contributed by atoms with van der Waals surface area (Å²) in [5, 5.41) is 4.23. The molecule has 2 aromatic rings. The molecule has 0 unspecified atom stereocenters. The van der Waals surface area contributed by atoms with Gasteiger partial charge in [0.05, 0.1) is 17.7 Å². The Morgan fingerprint density at radius 3 is 2.53 bits per heavy atom. The van der Waals surface area contributed by atoms with Crippen molar-refractivity contribution in [1.29, 1.82) is 0 Å². The average Bonchev–Trinajstić information content (AvgIpc) is 2.70. The van der Waals surface area contributed by atoms with Crippen LogP contribution in [0.3, 0.4) is 0 Å². The highest BCUT2D eigenvalue weighted by Crippen LogP contribution is 2.16. The van der Waals surface area contributed by atoms with E-state index in [-0.39, 0.29) is 5.78 Å². The third-order valence-corrected chi connectivity index (χ3v) is 2.78. The van der Waals surface area contributed by atoms with Crippen molar-refractivity contribution in [2.75, 3.05) is 0 Å². The molecule has 90 valence electrons. The van der Waals surface area contributed by atoms with Crippen molar-refractivity contribution in [1.82, 2.24) is 9.78 Å². The summed E-state index contributed by atoms with van der Waals surface area (Å²) in [5.74, 6) is 1.53. The molecular formula is C13H16N2O2. The molecule has 0 fully saturated rings. The lowest BCUT2D eigenvalue weighted by molar-refractivity contribution is 0.0989. The first kappa shape index (κ1) is 11.6. The zero-order valence-corrected chi connectivity index (χ0v) is 10.6. The summed E-state index contributed by atoms with van der Waals surface area (Å²) in [5.41, 5.74) is 2.52. The molecule has 2 aromatic heterocycles. The van der Waals surface area contributed by atoms with Crippen LogP contribution in [-0.4, -0.2) is 15.6 Å². The summed E-state index contributed by atoms with van der Waals surface area (Å²) >= 11 is 0. The molecule has 0 aliphatic heterocycles. The van der Waals surface area contributed by atoms with Crippen molar-refractivity contribution in [3.63, 3.8) is 0 Å². The second-order valence-electron chi connectivity index (χ2n) is 4.33. The average molecular weight is 232 g/mol. The number of Topliss-reactive ketones (excluding diaryl/α,β-unsaturated/α-hetero) is 1. The predicted octanol–water partition coefficient (Wildman–Crippen LogP) is 2.36. The molecule has 2 heterocycles. The monoisotopic (exact) mass is 232 g/mol. The Balaban J connectivity index is 2.22. The molecule has 0 saturated heterocycles. The number of nitrogens with zero attached hydrogens (tertiary/aromatic N) is 2. The maximum absolute atomic E-state index is 12.1. The van der Waals surface area contributed by atoms with Crippen LogP contribution >= 0.6 is 0 Å². The van der Waals surface area contributed by atoms with Gasteiger partial charge in [-0.1, -0.05) is 0 Å². The number of hydrogen-bond acceptors (Lipinski definition) is 3. The van der Waals surface area contributed by atoms with Crippen molar-refractivity contribution in [2.45, 2.75) is 27.2 Å². The first-order chi connectivity index (χ1) is 7.97. The molecule has 0 spiro atoms. The van der Waals surface area contributed by atoms with Gasteiger partial charge in [-0.25, -0.2) is 0 Å². The van der Waals surface area contributed by atoms with Gasteiger partial charge in [0, 0.05) is 12.7 Å². The van der Waals surface area contributed by atoms with Gasteiger partial charge in [-0.2, -0.15) is 5.10 Å². The maximum atomic E-state index is 12.1. The van der Waals surface area contributed by atoms with E-state index in [2.05, 4.69) is 5.10 Å². The Kier molecular flexibility index (Phi) is 2.88. The highest BCUT2D eigenvalue weighted by molar-refractivity contribution is 5.98. The second kappa shape index (κ2) is 4.20. The first-order valence-electron chi connectivity index (χ1n) is 5.57. The molecule has 0 aromatic carbocycles. The number of rotatable bonds is 3. The van der Waals surface area contributed by atoms with Crippen LogP contribution in [0.4, 0.5) is 0 Å². The number of hydrogen-bond donors (Lipinski definition) is 0. The number of furan rings is 1. The predicted molar refractivity (Wildman–Crippen MR) is 64.2 cm³/mol. The van der Waals surface area contributed by atoms with Gasteiger partial charge < -0.3 is 4.42 Å². The molecule has 4 nitrogen and oxygen atoms in total. The van der Waals surface area contributed by atoms with Gasteiger partial charge in [0.25, 0.3) is 0 Å². The molecule has 0 aliphatic carbocycles. The van der Waals surface area contributed by atoms with E-state index in [1.807, 2.05) is 33.9 Å². The standard InChI is InChI=1S/C13H16N2O2/c1-8-5-11(15(4)14-8)7-13(16)12-6-9(2)17-10(12)3/h5-6H,7H2,1-4H3. The molecule has 2 rings (SSSR count). The summed E-state index contributed by atoms with van der Waals surface area (Å²) < 4.78 is 7.11. The van der Waals surface area contributed by atoms with Crippen molar-refractivity contribution < 1.29 is 9.21 Å². The van der Waals surface area contributed by atoms with Gasteiger partial charge in [-0.05, 0) is 32.9 Å². The lowest BCUT2D eigenvalue weighted by Crippen LogP contribution is -2.08. The fourth-order valence-electron chi connectivity index (χ4n) is 2.00. The third kappa shape index (κ3) is 2.30. The summed E-state index contributed by atoms with van der Waals surface area (Å²) in [6.07, 6.45) is 0.358. The fourth-order valence-corrected chi connectivity index (χ4v) is 2.00. The van der Waals surface area contributed by atoms with E-state index >= 15 is 0 Å². The zero-order valence-electron chi connectivity index (χ0n) is 10.6. The van der Waals surface area contributed by atoms with Crippen LogP contribution in [-0.2, 0) is 13.5 Å². The van der Waals surface area contributed by atoms with Crippen LogP contribution in [0.25, 0.3) is 0 Å². The fraction of sp³-hybridized carbons (Fsp3) is 0.385. The molecule has 0 radical (unpaired) electrons. The molecule has 0 bridgehead atoms. The van der Waals surface area contributed by atoms with Gasteiger partial charge in [0.2, 0.25) is 0 Å². The Morgan fingerprint density at radius 1 is 1.35 bits per heavy atom. The molecule has 17 heavy (non-hydrogen) atoms. The molecule has 0 atom stereocenters. The van der Waals surface area contributed by atoms with Gasteiger partial charge in [0.1, 0.15) is 11.5 Å². The number of aromatic nitrogens is 2. The summed E-state index contributed by atoms with van der Waals surface area (Å²) in [4.78, 5) is 12.1. The van der Waals surface area contributed by atoms with Crippen molar-refractivity contribution >= 4 is 5.78 Å². The second-order valence-corrected chi connectivity index (χ2v) is 4.33. The lowest BCUT2D eigenvalue weighted by Gasteiger charge is -2.00. The van der Waals surface area contributed by atoms with Crippen molar-refractivity contribution in [3.05, 3.63) is 40.6 Å². The van der Waals surface area contributed by atoms with E-state index < -0.39 is 0 Å². The van der Waals surface area contributed by atoms with E-state index in [1.54, 1.807) is 10.7 Å². The van der Waals surface area contributed by atoms with E-state index in [0.717, 1.165) is 17.1 Å². The van der Waals surface area contributed by atoms with E-state index in [0.29, 0.717) is 17.7 Å². The smallest absolute Gasteiger partial charge is 0.172 e. The van der Waals surface area contributed by atoms with Crippen LogP contribution < -0.4 is 0 Å². The Hall–Kier alpha value is -1.84. The molecule has 0 saturated carbocycles. The topological polar surface area (TPSA) is 48.0 Å². The Morgan fingerprint density at radius 2 is 2.06 bits per heavy atom. The summed E-state index contributed by atoms with van der Waals surface area (Å²) in [7, 11) is 1.85. The minimum atomic E-state index is 0.0716. The third-order valence-electron chi connectivity index (χ3n) is 2.78. The Labute approximate surface area is 100 Å². The van der Waals surface area contributed by atoms with Crippen LogP contribution in [0.2, 0.25) is 0 Å². The quantitative estimate of drug-likeness (QED) is 0.763. The van der Waals surface area contributed by atoms with Crippen LogP contribution in [0, 0.1) is 20.8 Å². The van der Waals surface area contributed by atoms with E-state index in [1.165, 1.54) is 0 Å². The summed E-state index contributed by atoms with van der Waals surface area (Å²) in [6.45, 7) is 5.58. The van der Waals surface area contributed by atoms with Crippen molar-refractivity contribution in [2.24, 2.45) is 7.05 Å². The summed E-state index contributed by atoms with van der Waals surface area (Å²) in [6, 6.07) is 3.72. The SMILES string of the molecule is Cc1cc(CC(=O)c2cc(C)oc2C)n(C)n1. The van der Waals surface area contributed by atoms with Crippen LogP contribution in [0.5, 0.6) is 0 Å². The minimum Gasteiger partial charge on any atom is -0.466 e. The zero-order chi connectivity index (χ0) is 12.6. The van der Waals surface area contributed by atoms with Crippen molar-refractivity contribution in [3.8, 4) is 0 Å². The first-order valence-corrected chi connectivity index (χ1v) is 5.57. The Bertz CT molecular complexity index is 564. The lowest BCUT2D eigenvalue weighted by atomic mass is 10.1. The number of carbonyl (C=O) groups excluding carboxylic acids is 1. The molecule has 0 aliphatic rings. The normalized spacial score (nSPS) is 10.8. The van der Waals surface area contributed by atoms with Gasteiger partial charge in [-0.15, -0.1) is 0 Å². The van der Waals surface area contributed by atoms with Gasteiger partial charge in [0.15, 0.2) is 5.78 Å². The number of ketones is 1. The number of carbonyl (C=O) groups is 1. The highest BCUT2D eigenvalue weighted by Gasteiger charge is 2.15. The van der Waals surface area contributed by atoms with E-state index in [4.69, 9.17) is 4.42 Å². The molecule has 4 heteroatoms. The maximum Gasteiger partial charge on any atom is 0.172 e. The van der Waals surface area contributed by atoms with Crippen LogP contribution in [0.1, 0.15) is 33.3 Å². The highest BCUT2D eigenvalue weighted by atomic mass is 16.3. The number of aryl methyl sites for hydroxylation is 4. The van der Waals surface area contributed by atoms with Gasteiger partial charge in [-0.3, -0.25) is 9.48 Å².